The summed E-state index contributed by atoms with van der Waals surface area (Å²) in [6.07, 6.45) is 0.878. The first-order valence-corrected chi connectivity index (χ1v) is 5.56. The Bertz CT molecular complexity index is 581. The summed E-state index contributed by atoms with van der Waals surface area (Å²) in [5.74, 6) is -1.64. The van der Waals surface area contributed by atoms with Crippen LogP contribution in [0.3, 0.4) is 0 Å². The first-order chi connectivity index (χ1) is 8.56. The van der Waals surface area contributed by atoms with Gasteiger partial charge in [0, 0.05) is 10.6 Å². The Hall–Kier alpha value is -1.46. The lowest BCUT2D eigenvalue weighted by Gasteiger charge is -2.07. The average molecular weight is 291 g/mol. The van der Waals surface area contributed by atoms with Crippen molar-refractivity contribution in [2.45, 2.75) is 6.61 Å². The van der Waals surface area contributed by atoms with E-state index in [1.54, 1.807) is 0 Å². The summed E-state index contributed by atoms with van der Waals surface area (Å²) < 4.78 is 31.7. The van der Waals surface area contributed by atoms with Gasteiger partial charge in [-0.3, -0.25) is 0 Å². The van der Waals surface area contributed by atoms with Gasteiger partial charge in [0.1, 0.15) is 12.4 Å². The fourth-order valence-corrected chi connectivity index (χ4v) is 1.50. The molecule has 2 rings (SSSR count). The Morgan fingerprint density at radius 2 is 1.94 bits per heavy atom. The van der Waals surface area contributed by atoms with Crippen LogP contribution in [0.2, 0.25) is 10.3 Å². The van der Waals surface area contributed by atoms with E-state index >= 15 is 0 Å². The zero-order valence-corrected chi connectivity index (χ0v) is 10.3. The second-order valence-corrected chi connectivity index (χ2v) is 4.09. The molecule has 0 aliphatic carbocycles. The van der Waals surface area contributed by atoms with Gasteiger partial charge in [-0.1, -0.05) is 17.7 Å². The fraction of sp³-hybridized carbons (Fsp3) is 0.0909. The molecule has 94 valence electrons. The zero-order valence-electron chi connectivity index (χ0n) is 8.83. The molecule has 18 heavy (non-hydrogen) atoms. The Kier molecular flexibility index (Phi) is 3.93. The van der Waals surface area contributed by atoms with Crippen molar-refractivity contribution in [1.29, 1.82) is 0 Å². The molecular formula is C11H6Cl2F2N2O. The minimum absolute atomic E-state index is 0.150. The van der Waals surface area contributed by atoms with Crippen LogP contribution in [0.1, 0.15) is 5.56 Å². The lowest BCUT2D eigenvalue weighted by atomic mass is 10.2. The lowest BCUT2D eigenvalue weighted by Crippen LogP contribution is -2.02. The van der Waals surface area contributed by atoms with Crippen molar-refractivity contribution in [2.24, 2.45) is 0 Å². The van der Waals surface area contributed by atoms with Gasteiger partial charge in [0.05, 0.1) is 6.20 Å². The van der Waals surface area contributed by atoms with Crippen LogP contribution in [-0.2, 0) is 6.61 Å². The minimum atomic E-state index is -0.770. The lowest BCUT2D eigenvalue weighted by molar-refractivity contribution is 0.271. The van der Waals surface area contributed by atoms with E-state index in [4.69, 9.17) is 27.9 Å². The molecule has 2 aromatic rings. The molecule has 0 aliphatic rings. The maximum Gasteiger partial charge on any atom is 0.255 e. The van der Waals surface area contributed by atoms with E-state index in [2.05, 4.69) is 9.97 Å². The van der Waals surface area contributed by atoms with Gasteiger partial charge in [-0.2, -0.15) is 9.37 Å². The number of hydrogen-bond donors (Lipinski definition) is 0. The van der Waals surface area contributed by atoms with Crippen molar-refractivity contribution < 1.29 is 13.5 Å². The molecule has 3 nitrogen and oxygen atoms in total. The fourth-order valence-electron chi connectivity index (χ4n) is 1.22. The van der Waals surface area contributed by atoms with Gasteiger partial charge in [0.25, 0.3) is 5.88 Å². The smallest absolute Gasteiger partial charge is 0.255 e. The van der Waals surface area contributed by atoms with Crippen LogP contribution in [0.4, 0.5) is 8.78 Å². The van der Waals surface area contributed by atoms with Crippen LogP contribution < -0.4 is 4.74 Å². The number of nitrogens with zero attached hydrogens (tertiary/aromatic N) is 2. The molecule has 0 atom stereocenters. The van der Waals surface area contributed by atoms with Gasteiger partial charge in [0.15, 0.2) is 0 Å². The highest BCUT2D eigenvalue weighted by Crippen LogP contribution is 2.19. The molecule has 1 aromatic carbocycles. The van der Waals surface area contributed by atoms with Gasteiger partial charge in [0.2, 0.25) is 11.1 Å². The van der Waals surface area contributed by atoms with Crippen molar-refractivity contribution in [2.75, 3.05) is 0 Å². The number of halogens is 4. The van der Waals surface area contributed by atoms with Gasteiger partial charge in [-0.25, -0.2) is 9.37 Å². The number of benzene rings is 1. The molecule has 0 spiro atoms. The van der Waals surface area contributed by atoms with E-state index in [1.165, 1.54) is 12.1 Å². The number of aromatic nitrogens is 2. The van der Waals surface area contributed by atoms with Gasteiger partial charge in [-0.05, 0) is 23.7 Å². The molecule has 0 radical (unpaired) electrons. The summed E-state index contributed by atoms with van der Waals surface area (Å²) in [6.45, 7) is -0.187. The Morgan fingerprint density at radius 3 is 2.67 bits per heavy atom. The van der Waals surface area contributed by atoms with Crippen LogP contribution in [0.5, 0.6) is 5.88 Å². The maximum absolute atomic E-state index is 13.4. The molecule has 0 amide bonds. The second kappa shape index (κ2) is 5.46. The number of rotatable bonds is 3. The molecule has 0 bridgehead atoms. The Labute approximate surface area is 111 Å². The monoisotopic (exact) mass is 290 g/mol. The first kappa shape index (κ1) is 13.0. The molecule has 0 fully saturated rings. The molecule has 0 unspecified atom stereocenters. The van der Waals surface area contributed by atoms with Crippen molar-refractivity contribution in [1.82, 2.24) is 9.97 Å². The van der Waals surface area contributed by atoms with Crippen molar-refractivity contribution >= 4 is 23.2 Å². The van der Waals surface area contributed by atoms with Crippen molar-refractivity contribution in [3.05, 3.63) is 51.9 Å². The third-order valence-corrected chi connectivity index (χ3v) is 2.48. The summed E-state index contributed by atoms with van der Waals surface area (Å²) in [7, 11) is 0. The standard InChI is InChI=1S/C11H6Cl2F2N2O/c12-7-2-1-6(8(14)3-7)5-18-10-9(15)4-16-11(13)17-10/h1-4H,5H2. The Balaban J connectivity index is 2.13. The summed E-state index contributed by atoms with van der Waals surface area (Å²) >= 11 is 11.1. The van der Waals surface area contributed by atoms with E-state index in [0.29, 0.717) is 0 Å². The highest BCUT2D eigenvalue weighted by molar-refractivity contribution is 6.30. The van der Waals surface area contributed by atoms with E-state index in [1.807, 2.05) is 0 Å². The molecule has 0 N–H and O–H groups in total. The molecular weight excluding hydrogens is 285 g/mol. The minimum Gasteiger partial charge on any atom is -0.471 e. The summed E-state index contributed by atoms with van der Waals surface area (Å²) in [6, 6.07) is 4.09. The molecule has 7 heteroatoms. The normalized spacial score (nSPS) is 10.4. The van der Waals surface area contributed by atoms with Gasteiger partial charge < -0.3 is 4.74 Å². The Morgan fingerprint density at radius 1 is 1.17 bits per heavy atom. The zero-order chi connectivity index (χ0) is 13.1. The van der Waals surface area contributed by atoms with E-state index < -0.39 is 11.6 Å². The van der Waals surface area contributed by atoms with Gasteiger partial charge in [-0.15, -0.1) is 0 Å². The van der Waals surface area contributed by atoms with Crippen LogP contribution >= 0.6 is 23.2 Å². The predicted octanol–water partition coefficient (Wildman–Crippen LogP) is 3.64. The highest BCUT2D eigenvalue weighted by atomic mass is 35.5. The maximum atomic E-state index is 13.4. The molecule has 1 heterocycles. The van der Waals surface area contributed by atoms with E-state index in [0.717, 1.165) is 12.3 Å². The summed E-state index contributed by atoms with van der Waals surface area (Å²) in [5.41, 5.74) is 0.230. The molecule has 0 aliphatic heterocycles. The summed E-state index contributed by atoms with van der Waals surface area (Å²) in [5, 5.41) is 0.121. The molecule has 0 saturated heterocycles. The van der Waals surface area contributed by atoms with E-state index in [9.17, 15) is 8.78 Å². The van der Waals surface area contributed by atoms with Crippen LogP contribution in [0.25, 0.3) is 0 Å². The van der Waals surface area contributed by atoms with Crippen LogP contribution in [-0.4, -0.2) is 9.97 Å². The predicted molar refractivity (Wildman–Crippen MR) is 62.7 cm³/mol. The van der Waals surface area contributed by atoms with E-state index in [-0.39, 0.29) is 28.4 Å². The SMILES string of the molecule is Fc1cc(Cl)ccc1COc1nc(Cl)ncc1F. The third-order valence-electron chi connectivity index (χ3n) is 2.06. The molecule has 1 aromatic heterocycles. The number of hydrogen-bond acceptors (Lipinski definition) is 3. The van der Waals surface area contributed by atoms with Crippen LogP contribution in [0, 0.1) is 11.6 Å². The average Bonchev–Trinajstić information content (AvgIpc) is 2.32. The molecule has 0 saturated carbocycles. The van der Waals surface area contributed by atoms with Gasteiger partial charge >= 0.3 is 0 Å². The number of ether oxygens (including phenoxy) is 1. The summed E-state index contributed by atoms with van der Waals surface area (Å²) in [4.78, 5) is 6.97. The second-order valence-electron chi connectivity index (χ2n) is 3.32. The third kappa shape index (κ3) is 3.05. The largest absolute Gasteiger partial charge is 0.471 e. The first-order valence-electron chi connectivity index (χ1n) is 4.81. The topological polar surface area (TPSA) is 35.0 Å². The quantitative estimate of drug-likeness (QED) is 0.810. The van der Waals surface area contributed by atoms with Crippen LogP contribution in [0.15, 0.2) is 24.4 Å². The van der Waals surface area contributed by atoms with Crippen molar-refractivity contribution in [3.63, 3.8) is 0 Å². The van der Waals surface area contributed by atoms with Crippen molar-refractivity contribution in [3.8, 4) is 5.88 Å². The highest BCUT2D eigenvalue weighted by Gasteiger charge is 2.09.